The lowest BCUT2D eigenvalue weighted by atomic mass is 9.94. The molecule has 1 unspecified atom stereocenters. The van der Waals surface area contributed by atoms with E-state index in [0.717, 1.165) is 30.7 Å². The normalized spacial score (nSPS) is 12.1. The van der Waals surface area contributed by atoms with Crippen LogP contribution in [0.5, 0.6) is 5.75 Å². The van der Waals surface area contributed by atoms with Crippen molar-refractivity contribution in [1.29, 1.82) is 0 Å². The maximum Gasteiger partial charge on any atom is 0.123 e. The molecule has 2 rings (SSSR count). The first-order valence-corrected chi connectivity index (χ1v) is 7.37. The number of halogens is 1. The van der Waals surface area contributed by atoms with Crippen LogP contribution in [-0.4, -0.2) is 20.2 Å². The molecule has 0 spiro atoms. The number of hydrogen-bond acceptors (Lipinski definition) is 2. The van der Waals surface area contributed by atoms with Crippen molar-refractivity contribution in [2.75, 3.05) is 20.2 Å². The third-order valence-corrected chi connectivity index (χ3v) is 3.48. The predicted octanol–water partition coefficient (Wildman–Crippen LogP) is 3.99. The summed E-state index contributed by atoms with van der Waals surface area (Å²) >= 11 is 0. The van der Waals surface area contributed by atoms with Crippen molar-refractivity contribution in [1.82, 2.24) is 5.32 Å². The van der Waals surface area contributed by atoms with Crippen molar-refractivity contribution in [3.63, 3.8) is 0 Å². The maximum atomic E-state index is 13.3. The van der Waals surface area contributed by atoms with Gasteiger partial charge in [-0.2, -0.15) is 0 Å². The highest BCUT2D eigenvalue weighted by Gasteiger charge is 2.11. The van der Waals surface area contributed by atoms with E-state index >= 15 is 0 Å². The molecule has 0 bridgehead atoms. The molecule has 2 aromatic carbocycles. The Hall–Kier alpha value is -1.87. The highest BCUT2D eigenvalue weighted by atomic mass is 19.1. The van der Waals surface area contributed by atoms with Gasteiger partial charge in [0.05, 0.1) is 6.61 Å². The molecule has 1 atom stereocenters. The summed E-state index contributed by atoms with van der Waals surface area (Å²) in [6, 6.07) is 16.7. The molecule has 0 aliphatic rings. The average molecular weight is 287 g/mol. The molecule has 21 heavy (non-hydrogen) atoms. The molecule has 0 heterocycles. The van der Waals surface area contributed by atoms with Crippen molar-refractivity contribution >= 4 is 0 Å². The number of likely N-dealkylation sites (N-methyl/N-ethyl adjacent to an activating group) is 1. The Morgan fingerprint density at radius 1 is 1.10 bits per heavy atom. The molecule has 2 aromatic rings. The summed E-state index contributed by atoms with van der Waals surface area (Å²) in [7, 11) is 1.92. The molecule has 112 valence electrons. The summed E-state index contributed by atoms with van der Waals surface area (Å²) in [6.07, 6.45) is 1.91. The number of para-hydroxylation sites is 1. The van der Waals surface area contributed by atoms with E-state index in [1.165, 1.54) is 6.07 Å². The van der Waals surface area contributed by atoms with Crippen LogP contribution < -0.4 is 10.1 Å². The van der Waals surface area contributed by atoms with Crippen LogP contribution in [0.4, 0.5) is 4.39 Å². The zero-order valence-electron chi connectivity index (χ0n) is 12.4. The smallest absolute Gasteiger partial charge is 0.123 e. The van der Waals surface area contributed by atoms with Crippen molar-refractivity contribution in [2.45, 2.75) is 18.8 Å². The number of hydrogen-bond donors (Lipinski definition) is 1. The van der Waals surface area contributed by atoms with Gasteiger partial charge in [0.1, 0.15) is 11.6 Å². The van der Waals surface area contributed by atoms with Gasteiger partial charge in [-0.1, -0.05) is 30.3 Å². The molecule has 1 N–H and O–H groups in total. The number of ether oxygens (including phenoxy) is 1. The van der Waals surface area contributed by atoms with Gasteiger partial charge in [-0.25, -0.2) is 4.39 Å². The Labute approximate surface area is 126 Å². The van der Waals surface area contributed by atoms with E-state index in [-0.39, 0.29) is 5.82 Å². The quantitative estimate of drug-likeness (QED) is 0.741. The molecule has 0 aliphatic heterocycles. The second-order valence-electron chi connectivity index (χ2n) is 5.11. The Morgan fingerprint density at radius 2 is 1.90 bits per heavy atom. The molecule has 2 nitrogen and oxygen atoms in total. The number of benzene rings is 2. The monoisotopic (exact) mass is 287 g/mol. The van der Waals surface area contributed by atoms with Gasteiger partial charge in [0.25, 0.3) is 0 Å². The van der Waals surface area contributed by atoms with Crippen LogP contribution in [0.15, 0.2) is 54.6 Å². The van der Waals surface area contributed by atoms with Crippen LogP contribution in [0.25, 0.3) is 0 Å². The van der Waals surface area contributed by atoms with Gasteiger partial charge in [0.15, 0.2) is 0 Å². The lowest BCUT2D eigenvalue weighted by Gasteiger charge is -2.17. The molecule has 0 aliphatic carbocycles. The van der Waals surface area contributed by atoms with Gasteiger partial charge in [0.2, 0.25) is 0 Å². The second kappa shape index (κ2) is 8.42. The molecule has 0 radical (unpaired) electrons. The molecular formula is C18H22FNO. The summed E-state index contributed by atoms with van der Waals surface area (Å²) in [4.78, 5) is 0. The second-order valence-corrected chi connectivity index (χ2v) is 5.11. The molecule has 0 fully saturated rings. The lowest BCUT2D eigenvalue weighted by molar-refractivity contribution is 0.301. The molecule has 0 saturated heterocycles. The SMILES string of the molecule is CNCC(CCCOc1ccccc1)c1cccc(F)c1. The molecule has 0 amide bonds. The molecule has 0 saturated carbocycles. The summed E-state index contributed by atoms with van der Waals surface area (Å²) in [6.45, 7) is 1.52. The third-order valence-electron chi connectivity index (χ3n) is 3.48. The van der Waals surface area contributed by atoms with Gasteiger partial charge in [-0.3, -0.25) is 0 Å². The van der Waals surface area contributed by atoms with Crippen molar-refractivity contribution in [3.8, 4) is 5.75 Å². The zero-order chi connectivity index (χ0) is 14.9. The predicted molar refractivity (Wildman–Crippen MR) is 84.2 cm³/mol. The van der Waals surface area contributed by atoms with Gasteiger partial charge in [0, 0.05) is 6.54 Å². The van der Waals surface area contributed by atoms with E-state index in [4.69, 9.17) is 4.74 Å². The summed E-state index contributed by atoms with van der Waals surface area (Å²) < 4.78 is 19.0. The van der Waals surface area contributed by atoms with Crippen LogP contribution in [0.2, 0.25) is 0 Å². The van der Waals surface area contributed by atoms with Crippen molar-refractivity contribution < 1.29 is 9.13 Å². The highest BCUT2D eigenvalue weighted by molar-refractivity contribution is 5.22. The standard InChI is InChI=1S/C18H22FNO/c1-20-14-16(15-7-5-9-17(19)13-15)8-6-12-21-18-10-3-2-4-11-18/h2-5,7,9-11,13,16,20H,6,8,12,14H2,1H3. The van der Waals surface area contributed by atoms with Crippen LogP contribution in [0.3, 0.4) is 0 Å². The fourth-order valence-corrected chi connectivity index (χ4v) is 2.43. The van der Waals surface area contributed by atoms with Crippen LogP contribution in [0.1, 0.15) is 24.3 Å². The van der Waals surface area contributed by atoms with Gasteiger partial charge in [-0.15, -0.1) is 0 Å². The maximum absolute atomic E-state index is 13.3. The Balaban J connectivity index is 1.83. The summed E-state index contributed by atoms with van der Waals surface area (Å²) in [5, 5.41) is 3.18. The van der Waals surface area contributed by atoms with E-state index < -0.39 is 0 Å². The largest absolute Gasteiger partial charge is 0.494 e. The minimum Gasteiger partial charge on any atom is -0.494 e. The highest BCUT2D eigenvalue weighted by Crippen LogP contribution is 2.21. The lowest BCUT2D eigenvalue weighted by Crippen LogP contribution is -2.18. The van der Waals surface area contributed by atoms with E-state index in [1.54, 1.807) is 12.1 Å². The third kappa shape index (κ3) is 5.20. The van der Waals surface area contributed by atoms with Crippen LogP contribution in [-0.2, 0) is 0 Å². The number of rotatable bonds is 8. The zero-order valence-corrected chi connectivity index (χ0v) is 12.4. The fourth-order valence-electron chi connectivity index (χ4n) is 2.43. The van der Waals surface area contributed by atoms with E-state index in [0.29, 0.717) is 12.5 Å². The fraction of sp³-hybridized carbons (Fsp3) is 0.333. The van der Waals surface area contributed by atoms with Crippen LogP contribution in [0, 0.1) is 5.82 Å². The first-order valence-electron chi connectivity index (χ1n) is 7.37. The first-order chi connectivity index (χ1) is 10.3. The molecular weight excluding hydrogens is 265 g/mol. The van der Waals surface area contributed by atoms with E-state index in [1.807, 2.05) is 43.4 Å². The first kappa shape index (κ1) is 15.5. The molecule has 3 heteroatoms. The summed E-state index contributed by atoms with van der Waals surface area (Å²) in [5.41, 5.74) is 1.05. The van der Waals surface area contributed by atoms with Crippen molar-refractivity contribution in [2.24, 2.45) is 0 Å². The van der Waals surface area contributed by atoms with Gasteiger partial charge < -0.3 is 10.1 Å². The average Bonchev–Trinajstić information content (AvgIpc) is 2.51. The van der Waals surface area contributed by atoms with Gasteiger partial charge >= 0.3 is 0 Å². The Bertz CT molecular complexity index is 530. The summed E-state index contributed by atoms with van der Waals surface area (Å²) in [5.74, 6) is 1.03. The Morgan fingerprint density at radius 3 is 2.62 bits per heavy atom. The van der Waals surface area contributed by atoms with Crippen molar-refractivity contribution in [3.05, 3.63) is 66.0 Å². The van der Waals surface area contributed by atoms with E-state index in [9.17, 15) is 4.39 Å². The minimum absolute atomic E-state index is 0.172. The van der Waals surface area contributed by atoms with Crippen LogP contribution >= 0.6 is 0 Å². The molecule has 0 aromatic heterocycles. The van der Waals surface area contributed by atoms with Gasteiger partial charge in [-0.05, 0) is 55.6 Å². The number of nitrogens with one attached hydrogen (secondary N) is 1. The minimum atomic E-state index is -0.172. The Kier molecular flexibility index (Phi) is 6.22. The topological polar surface area (TPSA) is 21.3 Å². The van der Waals surface area contributed by atoms with E-state index in [2.05, 4.69) is 5.32 Å².